The smallest absolute Gasteiger partial charge is 0.253 e. The van der Waals surface area contributed by atoms with Gasteiger partial charge in [0.2, 0.25) is 6.41 Å². The van der Waals surface area contributed by atoms with Gasteiger partial charge in [0, 0.05) is 18.4 Å². The quantitative estimate of drug-likeness (QED) is 0.749. The normalized spacial score (nSPS) is 15.3. The molecule has 18 heavy (non-hydrogen) atoms. The molecule has 0 saturated carbocycles. The van der Waals surface area contributed by atoms with Crippen LogP contribution in [0, 0.1) is 0 Å². The van der Waals surface area contributed by atoms with E-state index < -0.39 is 0 Å². The Hall–Kier alpha value is -2.14. The van der Waals surface area contributed by atoms with Crippen molar-refractivity contribution in [1.29, 1.82) is 0 Å². The molecule has 0 spiro atoms. The second-order valence-electron chi connectivity index (χ2n) is 3.81. The molecule has 0 atom stereocenters. The maximum Gasteiger partial charge on any atom is 0.253 e. The molecular weight excluding hydrogens is 232 g/mol. The summed E-state index contributed by atoms with van der Waals surface area (Å²) >= 11 is 0. The van der Waals surface area contributed by atoms with Crippen LogP contribution in [0.15, 0.2) is 37.0 Å². The second-order valence-corrected chi connectivity index (χ2v) is 3.81. The van der Waals surface area contributed by atoms with Gasteiger partial charge in [-0.3, -0.25) is 14.5 Å². The minimum absolute atomic E-state index is 0.0744. The van der Waals surface area contributed by atoms with Crippen molar-refractivity contribution in [2.45, 2.75) is 0 Å². The maximum absolute atomic E-state index is 11.7. The van der Waals surface area contributed by atoms with Crippen LogP contribution in [0.1, 0.15) is 0 Å². The van der Waals surface area contributed by atoms with Crippen molar-refractivity contribution in [3.63, 3.8) is 0 Å². The lowest BCUT2D eigenvalue weighted by atomic mass is 10.2. The van der Waals surface area contributed by atoms with Gasteiger partial charge in [-0.25, -0.2) is 0 Å². The van der Waals surface area contributed by atoms with Crippen LogP contribution in [-0.4, -0.2) is 32.1 Å². The van der Waals surface area contributed by atoms with Crippen LogP contribution in [0.4, 0.5) is 11.4 Å². The van der Waals surface area contributed by atoms with Crippen LogP contribution < -0.4 is 9.80 Å². The minimum atomic E-state index is -0.0744. The zero-order valence-corrected chi connectivity index (χ0v) is 9.91. The van der Waals surface area contributed by atoms with Gasteiger partial charge in [-0.15, -0.1) is 0 Å². The van der Waals surface area contributed by atoms with E-state index in [0.29, 0.717) is 25.2 Å². The van der Waals surface area contributed by atoms with Crippen molar-refractivity contribution in [1.82, 2.24) is 0 Å². The van der Waals surface area contributed by atoms with Gasteiger partial charge in [0.15, 0.2) is 0 Å². The number of morpholine rings is 1. The SMILES string of the molecule is C=CN(C=O)c1cccc(N2CCOCC2=O)c1. The summed E-state index contributed by atoms with van der Waals surface area (Å²) in [5.41, 5.74) is 1.44. The molecule has 1 aromatic carbocycles. The first kappa shape index (κ1) is 12.3. The van der Waals surface area contributed by atoms with Gasteiger partial charge in [0.1, 0.15) is 6.61 Å². The highest BCUT2D eigenvalue weighted by Crippen LogP contribution is 2.23. The Morgan fingerprint density at radius 2 is 2.28 bits per heavy atom. The summed E-state index contributed by atoms with van der Waals surface area (Å²) in [6.07, 6.45) is 2.10. The van der Waals surface area contributed by atoms with Gasteiger partial charge < -0.3 is 9.64 Å². The molecule has 94 valence electrons. The Labute approximate surface area is 105 Å². The molecule has 0 bridgehead atoms. The van der Waals surface area contributed by atoms with Crippen molar-refractivity contribution >= 4 is 23.7 Å². The summed E-state index contributed by atoms with van der Waals surface area (Å²) in [4.78, 5) is 25.6. The third-order valence-electron chi connectivity index (χ3n) is 2.74. The number of hydrogen-bond donors (Lipinski definition) is 0. The van der Waals surface area contributed by atoms with Crippen molar-refractivity contribution in [3.8, 4) is 0 Å². The monoisotopic (exact) mass is 246 g/mol. The summed E-state index contributed by atoms with van der Waals surface area (Å²) in [5, 5.41) is 0. The van der Waals surface area contributed by atoms with Gasteiger partial charge in [-0.1, -0.05) is 12.6 Å². The predicted molar refractivity (Wildman–Crippen MR) is 68.4 cm³/mol. The van der Waals surface area contributed by atoms with Crippen LogP contribution in [0.5, 0.6) is 0 Å². The fraction of sp³-hybridized carbons (Fsp3) is 0.231. The first-order chi connectivity index (χ1) is 8.76. The molecule has 1 saturated heterocycles. The number of amides is 2. The van der Waals surface area contributed by atoms with E-state index in [2.05, 4.69) is 6.58 Å². The predicted octanol–water partition coefficient (Wildman–Crippen LogP) is 1.16. The van der Waals surface area contributed by atoms with Gasteiger partial charge in [0.05, 0.1) is 12.3 Å². The van der Waals surface area contributed by atoms with Gasteiger partial charge in [-0.05, 0) is 18.2 Å². The molecule has 0 radical (unpaired) electrons. The number of carbonyl (C=O) groups is 2. The lowest BCUT2D eigenvalue weighted by molar-refractivity contribution is -0.125. The van der Waals surface area contributed by atoms with Gasteiger partial charge >= 0.3 is 0 Å². The average molecular weight is 246 g/mol. The number of carbonyl (C=O) groups excluding carboxylic acids is 2. The molecule has 0 aliphatic carbocycles. The summed E-state index contributed by atoms with van der Waals surface area (Å²) < 4.78 is 5.08. The molecule has 5 nitrogen and oxygen atoms in total. The van der Waals surface area contributed by atoms with E-state index in [4.69, 9.17) is 4.74 Å². The van der Waals surface area contributed by atoms with Crippen LogP contribution in [0.2, 0.25) is 0 Å². The van der Waals surface area contributed by atoms with Crippen LogP contribution >= 0.6 is 0 Å². The minimum Gasteiger partial charge on any atom is -0.370 e. The standard InChI is InChI=1S/C13H14N2O3/c1-2-14(10-16)11-4-3-5-12(8-11)15-6-7-18-9-13(15)17/h2-5,8,10H,1,6-7,9H2. The maximum atomic E-state index is 11.7. The van der Waals surface area contributed by atoms with Crippen molar-refractivity contribution in [2.24, 2.45) is 0 Å². The molecule has 0 aromatic heterocycles. The van der Waals surface area contributed by atoms with Crippen molar-refractivity contribution < 1.29 is 14.3 Å². The van der Waals surface area contributed by atoms with E-state index in [9.17, 15) is 9.59 Å². The molecule has 5 heteroatoms. The molecule has 1 aliphatic rings. The Morgan fingerprint density at radius 3 is 2.94 bits per heavy atom. The molecule has 1 aromatic rings. The highest BCUT2D eigenvalue weighted by Gasteiger charge is 2.20. The third-order valence-corrected chi connectivity index (χ3v) is 2.74. The fourth-order valence-corrected chi connectivity index (χ4v) is 1.82. The Morgan fingerprint density at radius 1 is 1.44 bits per heavy atom. The summed E-state index contributed by atoms with van der Waals surface area (Å²) in [7, 11) is 0. The number of benzene rings is 1. The van der Waals surface area contributed by atoms with E-state index >= 15 is 0 Å². The van der Waals surface area contributed by atoms with E-state index in [1.807, 2.05) is 6.07 Å². The van der Waals surface area contributed by atoms with Crippen LogP contribution in [0.3, 0.4) is 0 Å². The highest BCUT2D eigenvalue weighted by atomic mass is 16.5. The number of rotatable bonds is 4. The summed E-state index contributed by atoms with van der Waals surface area (Å²) in [6, 6.07) is 7.19. The van der Waals surface area contributed by atoms with Crippen molar-refractivity contribution in [2.75, 3.05) is 29.6 Å². The summed E-state index contributed by atoms with van der Waals surface area (Å²) in [5.74, 6) is -0.0744. The largest absolute Gasteiger partial charge is 0.370 e. The molecule has 0 N–H and O–H groups in total. The fourth-order valence-electron chi connectivity index (χ4n) is 1.82. The zero-order chi connectivity index (χ0) is 13.0. The van der Waals surface area contributed by atoms with Gasteiger partial charge in [-0.2, -0.15) is 0 Å². The molecule has 0 unspecified atom stereocenters. The van der Waals surface area contributed by atoms with E-state index in [1.165, 1.54) is 11.1 Å². The third kappa shape index (κ3) is 2.41. The number of anilines is 2. The Kier molecular flexibility index (Phi) is 3.74. The number of ether oxygens (including phenoxy) is 1. The number of hydrogen-bond acceptors (Lipinski definition) is 3. The lowest BCUT2D eigenvalue weighted by Crippen LogP contribution is -2.41. The molecule has 1 heterocycles. The number of nitrogens with zero attached hydrogens (tertiary/aromatic N) is 2. The van der Waals surface area contributed by atoms with Crippen molar-refractivity contribution in [3.05, 3.63) is 37.0 Å². The molecule has 2 amide bonds. The summed E-state index contributed by atoms with van der Waals surface area (Å²) in [6.45, 7) is 4.71. The first-order valence-electron chi connectivity index (χ1n) is 5.60. The molecule has 2 rings (SSSR count). The molecule has 1 aliphatic heterocycles. The average Bonchev–Trinajstić information content (AvgIpc) is 2.41. The van der Waals surface area contributed by atoms with Gasteiger partial charge in [0.25, 0.3) is 5.91 Å². The van der Waals surface area contributed by atoms with E-state index in [-0.39, 0.29) is 12.5 Å². The molecule has 1 fully saturated rings. The van der Waals surface area contributed by atoms with Crippen LogP contribution in [-0.2, 0) is 14.3 Å². The zero-order valence-electron chi connectivity index (χ0n) is 9.91. The lowest BCUT2D eigenvalue weighted by Gasteiger charge is -2.27. The Balaban J connectivity index is 2.28. The van der Waals surface area contributed by atoms with Crippen LogP contribution in [0.25, 0.3) is 0 Å². The highest BCUT2D eigenvalue weighted by molar-refractivity contribution is 5.95. The first-order valence-corrected chi connectivity index (χ1v) is 5.60. The Bertz CT molecular complexity index is 465. The van der Waals surface area contributed by atoms with E-state index in [1.54, 1.807) is 23.1 Å². The molecular formula is C13H14N2O3. The topological polar surface area (TPSA) is 49.9 Å². The van der Waals surface area contributed by atoms with E-state index in [0.717, 1.165) is 5.69 Å². The second kappa shape index (κ2) is 5.46.